The number of halogens is 3. The molecule has 4 nitrogen and oxygen atoms in total. The molecule has 21 heavy (non-hydrogen) atoms. The van der Waals surface area contributed by atoms with E-state index in [0.29, 0.717) is 13.1 Å². The Balaban J connectivity index is 2.22. The first-order chi connectivity index (χ1) is 9.93. The summed E-state index contributed by atoms with van der Waals surface area (Å²) in [6, 6.07) is 3.96. The van der Waals surface area contributed by atoms with Gasteiger partial charge in [0.2, 0.25) is 0 Å². The average Bonchev–Trinajstić information content (AvgIpc) is 2.49. The number of esters is 1. The Morgan fingerprint density at radius 2 is 2.00 bits per heavy atom. The standard InChI is InChI=1S/C14H14I3NO3/c1-21-14(20)8-3-2-4-18(7-8)13(19)10-5-9(15)6-11(16)12(10)17/h5-6,8H,2-4,7H2,1H3/t8-/m0/s1. The zero-order valence-electron chi connectivity index (χ0n) is 11.4. The van der Waals surface area contributed by atoms with Gasteiger partial charge in [0.05, 0.1) is 18.6 Å². The number of nitrogens with zero attached hydrogens (tertiary/aromatic N) is 1. The van der Waals surface area contributed by atoms with Crippen molar-refractivity contribution in [2.24, 2.45) is 5.92 Å². The van der Waals surface area contributed by atoms with Gasteiger partial charge < -0.3 is 9.64 Å². The van der Waals surface area contributed by atoms with Gasteiger partial charge in [0.25, 0.3) is 5.91 Å². The third-order valence-corrected chi connectivity index (χ3v) is 7.13. The summed E-state index contributed by atoms with van der Waals surface area (Å²) in [6.45, 7) is 1.15. The Hall–Kier alpha value is 0.350. The normalized spacial score (nSPS) is 18.5. The predicted octanol–water partition coefficient (Wildman–Crippen LogP) is 3.53. The fourth-order valence-corrected chi connectivity index (χ4v) is 4.79. The minimum atomic E-state index is -0.223. The van der Waals surface area contributed by atoms with Gasteiger partial charge in [0.1, 0.15) is 0 Å². The number of benzene rings is 1. The minimum absolute atomic E-state index is 0.00411. The molecule has 1 amide bonds. The lowest BCUT2D eigenvalue weighted by atomic mass is 9.97. The van der Waals surface area contributed by atoms with Crippen molar-refractivity contribution in [2.75, 3.05) is 20.2 Å². The monoisotopic (exact) mass is 625 g/mol. The third-order valence-electron chi connectivity index (χ3n) is 3.47. The molecule has 0 radical (unpaired) electrons. The van der Waals surface area contributed by atoms with Crippen molar-refractivity contribution in [1.29, 1.82) is 0 Å². The summed E-state index contributed by atoms with van der Waals surface area (Å²) in [5, 5.41) is 0. The van der Waals surface area contributed by atoms with Crippen LogP contribution in [-0.4, -0.2) is 37.0 Å². The summed E-state index contributed by atoms with van der Waals surface area (Å²) < 4.78 is 7.89. The smallest absolute Gasteiger partial charge is 0.310 e. The molecule has 0 aromatic heterocycles. The van der Waals surface area contributed by atoms with Crippen LogP contribution in [0.25, 0.3) is 0 Å². The van der Waals surface area contributed by atoms with Gasteiger partial charge in [-0.15, -0.1) is 0 Å². The number of hydrogen-bond acceptors (Lipinski definition) is 3. The molecule has 0 unspecified atom stereocenters. The van der Waals surface area contributed by atoms with E-state index in [4.69, 9.17) is 4.74 Å². The van der Waals surface area contributed by atoms with Crippen molar-refractivity contribution in [1.82, 2.24) is 4.90 Å². The maximum Gasteiger partial charge on any atom is 0.310 e. The third kappa shape index (κ3) is 4.21. The van der Waals surface area contributed by atoms with Crippen molar-refractivity contribution in [3.63, 3.8) is 0 Å². The predicted molar refractivity (Wildman–Crippen MR) is 105 cm³/mol. The second-order valence-corrected chi connectivity index (χ2v) is 8.35. The molecule has 1 atom stereocenters. The molecule has 0 bridgehead atoms. The molecular formula is C14H14I3NO3. The number of amides is 1. The van der Waals surface area contributed by atoms with Crippen molar-refractivity contribution in [3.8, 4) is 0 Å². The van der Waals surface area contributed by atoms with Gasteiger partial charge in [-0.3, -0.25) is 9.59 Å². The summed E-state index contributed by atoms with van der Waals surface area (Å²) in [5.41, 5.74) is 0.720. The largest absolute Gasteiger partial charge is 0.469 e. The lowest BCUT2D eigenvalue weighted by molar-refractivity contribution is -0.146. The fourth-order valence-electron chi connectivity index (χ4n) is 2.40. The van der Waals surface area contributed by atoms with E-state index >= 15 is 0 Å². The Labute approximate surface area is 164 Å². The molecule has 1 aliphatic rings. The van der Waals surface area contributed by atoms with Crippen LogP contribution in [0.2, 0.25) is 0 Å². The average molecular weight is 625 g/mol. The van der Waals surface area contributed by atoms with Crippen LogP contribution in [0.1, 0.15) is 23.2 Å². The van der Waals surface area contributed by atoms with Crippen LogP contribution in [-0.2, 0) is 9.53 Å². The Bertz CT molecular complexity index is 577. The number of piperidine rings is 1. The van der Waals surface area contributed by atoms with Crippen LogP contribution in [0.4, 0.5) is 0 Å². The summed E-state index contributed by atoms with van der Waals surface area (Å²) >= 11 is 6.67. The lowest BCUT2D eigenvalue weighted by Gasteiger charge is -2.31. The SMILES string of the molecule is COC(=O)[C@H]1CCCN(C(=O)c2cc(I)cc(I)c2I)C1. The molecule has 1 saturated heterocycles. The van der Waals surface area contributed by atoms with E-state index in [2.05, 4.69) is 67.8 Å². The maximum atomic E-state index is 12.7. The van der Waals surface area contributed by atoms with Crippen molar-refractivity contribution >= 4 is 79.6 Å². The van der Waals surface area contributed by atoms with E-state index in [1.807, 2.05) is 12.1 Å². The number of methoxy groups -OCH3 is 1. The highest BCUT2D eigenvalue weighted by Crippen LogP contribution is 2.26. The van der Waals surface area contributed by atoms with Crippen molar-refractivity contribution < 1.29 is 14.3 Å². The highest BCUT2D eigenvalue weighted by atomic mass is 127. The van der Waals surface area contributed by atoms with Gasteiger partial charge in [-0.2, -0.15) is 0 Å². The molecule has 0 N–H and O–H groups in total. The van der Waals surface area contributed by atoms with E-state index in [1.165, 1.54) is 7.11 Å². The van der Waals surface area contributed by atoms with E-state index in [1.54, 1.807) is 4.90 Å². The molecule has 1 aromatic carbocycles. The van der Waals surface area contributed by atoms with Crippen molar-refractivity contribution in [2.45, 2.75) is 12.8 Å². The van der Waals surface area contributed by atoms with Crippen LogP contribution < -0.4 is 0 Å². The fraction of sp³-hybridized carbons (Fsp3) is 0.429. The van der Waals surface area contributed by atoms with E-state index in [0.717, 1.165) is 29.1 Å². The molecule has 7 heteroatoms. The van der Waals surface area contributed by atoms with Gasteiger partial charge in [0, 0.05) is 23.8 Å². The zero-order valence-corrected chi connectivity index (χ0v) is 17.8. The number of ether oxygens (including phenoxy) is 1. The highest BCUT2D eigenvalue weighted by molar-refractivity contribution is 14.1. The van der Waals surface area contributed by atoms with Crippen molar-refractivity contribution in [3.05, 3.63) is 28.4 Å². The summed E-state index contributed by atoms with van der Waals surface area (Å²) in [6.07, 6.45) is 1.63. The Kier molecular flexibility index (Phi) is 6.53. The topological polar surface area (TPSA) is 46.6 Å². The first-order valence-electron chi connectivity index (χ1n) is 6.45. The Morgan fingerprint density at radius 3 is 2.67 bits per heavy atom. The van der Waals surface area contributed by atoms with E-state index in [9.17, 15) is 9.59 Å². The number of carbonyl (C=O) groups is 2. The van der Waals surface area contributed by atoms with Gasteiger partial charge >= 0.3 is 5.97 Å². The van der Waals surface area contributed by atoms with Crippen LogP contribution in [0.3, 0.4) is 0 Å². The second kappa shape index (κ2) is 7.75. The Morgan fingerprint density at radius 1 is 1.29 bits per heavy atom. The molecule has 1 fully saturated rings. The molecule has 0 aliphatic carbocycles. The zero-order chi connectivity index (χ0) is 15.6. The van der Waals surface area contributed by atoms with Gasteiger partial charge in [0.15, 0.2) is 0 Å². The maximum absolute atomic E-state index is 12.7. The summed E-state index contributed by atoms with van der Waals surface area (Å²) in [7, 11) is 1.40. The molecule has 0 spiro atoms. The highest BCUT2D eigenvalue weighted by Gasteiger charge is 2.30. The molecule has 114 valence electrons. The van der Waals surface area contributed by atoms with Crippen LogP contribution in [0, 0.1) is 16.6 Å². The molecule has 1 aliphatic heterocycles. The van der Waals surface area contributed by atoms with Crippen LogP contribution in [0.5, 0.6) is 0 Å². The number of hydrogen-bond donors (Lipinski definition) is 0. The van der Waals surface area contributed by atoms with E-state index in [-0.39, 0.29) is 17.8 Å². The molecule has 1 aromatic rings. The summed E-state index contributed by atoms with van der Waals surface area (Å²) in [4.78, 5) is 26.2. The minimum Gasteiger partial charge on any atom is -0.469 e. The van der Waals surface area contributed by atoms with Gasteiger partial charge in [-0.1, -0.05) is 0 Å². The lowest BCUT2D eigenvalue weighted by Crippen LogP contribution is -2.43. The van der Waals surface area contributed by atoms with Crippen LogP contribution >= 0.6 is 67.8 Å². The number of likely N-dealkylation sites (tertiary alicyclic amines) is 1. The summed E-state index contributed by atoms with van der Waals surface area (Å²) in [5.74, 6) is -0.420. The molecule has 0 saturated carbocycles. The quantitative estimate of drug-likeness (QED) is 0.288. The molecular weight excluding hydrogens is 611 g/mol. The second-order valence-electron chi connectivity index (χ2n) is 4.86. The molecule has 2 rings (SSSR count). The van der Waals surface area contributed by atoms with E-state index < -0.39 is 0 Å². The molecule has 1 heterocycles. The number of carbonyl (C=O) groups excluding carboxylic acids is 2. The first kappa shape index (κ1) is 17.7. The van der Waals surface area contributed by atoms with Gasteiger partial charge in [-0.25, -0.2) is 0 Å². The van der Waals surface area contributed by atoms with Crippen LogP contribution in [0.15, 0.2) is 12.1 Å². The van der Waals surface area contributed by atoms with Gasteiger partial charge in [-0.05, 0) is 92.7 Å². The first-order valence-corrected chi connectivity index (χ1v) is 9.69. The number of rotatable bonds is 2.